The molecular formula is C21H22Cl2N2O2. The van der Waals surface area contributed by atoms with Crippen molar-refractivity contribution in [2.45, 2.75) is 13.1 Å². The van der Waals surface area contributed by atoms with Crippen LogP contribution in [0.1, 0.15) is 16.7 Å². The molecule has 1 heterocycles. The van der Waals surface area contributed by atoms with E-state index < -0.39 is 0 Å². The van der Waals surface area contributed by atoms with Crippen LogP contribution < -0.4 is 5.32 Å². The first kappa shape index (κ1) is 19.9. The zero-order chi connectivity index (χ0) is 19.1. The SMILES string of the molecule is O=C(/C=C/c1ccc(Cl)c(Cl)c1)NCc1ccc(CN2CCOCC2)cc1. The van der Waals surface area contributed by atoms with Crippen molar-refractivity contribution in [2.75, 3.05) is 26.3 Å². The molecule has 1 aliphatic rings. The predicted octanol–water partition coefficient (Wildman–Crippen LogP) is 4.16. The van der Waals surface area contributed by atoms with Crippen LogP contribution in [0.2, 0.25) is 10.0 Å². The van der Waals surface area contributed by atoms with E-state index in [4.69, 9.17) is 27.9 Å². The Kier molecular flexibility index (Phi) is 7.30. The van der Waals surface area contributed by atoms with Gasteiger partial charge in [-0.2, -0.15) is 0 Å². The number of carbonyl (C=O) groups is 1. The molecule has 0 aliphatic carbocycles. The summed E-state index contributed by atoms with van der Waals surface area (Å²) in [4.78, 5) is 14.4. The highest BCUT2D eigenvalue weighted by Crippen LogP contribution is 2.23. The molecule has 0 bridgehead atoms. The minimum Gasteiger partial charge on any atom is -0.379 e. The highest BCUT2D eigenvalue weighted by atomic mass is 35.5. The molecule has 3 rings (SSSR count). The first-order chi connectivity index (χ1) is 13.1. The van der Waals surface area contributed by atoms with Gasteiger partial charge in [-0.1, -0.05) is 53.5 Å². The Bertz CT molecular complexity index is 800. The number of hydrogen-bond acceptors (Lipinski definition) is 3. The van der Waals surface area contributed by atoms with Crippen molar-refractivity contribution in [3.8, 4) is 0 Å². The third-order valence-corrected chi connectivity index (χ3v) is 5.11. The molecule has 6 heteroatoms. The van der Waals surface area contributed by atoms with Crippen LogP contribution in [0.5, 0.6) is 0 Å². The van der Waals surface area contributed by atoms with Gasteiger partial charge in [0, 0.05) is 32.3 Å². The highest BCUT2D eigenvalue weighted by molar-refractivity contribution is 6.42. The van der Waals surface area contributed by atoms with Crippen molar-refractivity contribution in [3.05, 3.63) is 75.3 Å². The van der Waals surface area contributed by atoms with Crippen LogP contribution >= 0.6 is 23.2 Å². The fraction of sp³-hybridized carbons (Fsp3) is 0.286. The van der Waals surface area contributed by atoms with Crippen molar-refractivity contribution in [2.24, 2.45) is 0 Å². The molecule has 27 heavy (non-hydrogen) atoms. The van der Waals surface area contributed by atoms with E-state index in [9.17, 15) is 4.79 Å². The second-order valence-electron chi connectivity index (χ2n) is 6.43. The lowest BCUT2D eigenvalue weighted by molar-refractivity contribution is -0.116. The van der Waals surface area contributed by atoms with Gasteiger partial charge in [0.05, 0.1) is 23.3 Å². The minimum atomic E-state index is -0.154. The number of carbonyl (C=O) groups excluding carboxylic acids is 1. The fourth-order valence-electron chi connectivity index (χ4n) is 2.82. The summed E-state index contributed by atoms with van der Waals surface area (Å²) >= 11 is 11.9. The van der Waals surface area contributed by atoms with Gasteiger partial charge in [-0.05, 0) is 34.9 Å². The maximum atomic E-state index is 12.0. The third-order valence-electron chi connectivity index (χ3n) is 4.37. The van der Waals surface area contributed by atoms with Crippen LogP contribution in [-0.2, 0) is 22.6 Å². The molecule has 1 fully saturated rings. The summed E-state index contributed by atoms with van der Waals surface area (Å²) < 4.78 is 5.37. The quantitative estimate of drug-likeness (QED) is 0.734. The van der Waals surface area contributed by atoms with Crippen LogP contribution in [0.4, 0.5) is 0 Å². The Labute approximate surface area is 169 Å². The van der Waals surface area contributed by atoms with E-state index in [1.807, 2.05) is 6.07 Å². The third kappa shape index (κ3) is 6.36. The molecule has 0 unspecified atom stereocenters. The molecule has 2 aromatic carbocycles. The van der Waals surface area contributed by atoms with Gasteiger partial charge >= 0.3 is 0 Å². The smallest absolute Gasteiger partial charge is 0.244 e. The van der Waals surface area contributed by atoms with Crippen molar-refractivity contribution >= 4 is 35.2 Å². The van der Waals surface area contributed by atoms with Gasteiger partial charge in [0.1, 0.15) is 0 Å². The van der Waals surface area contributed by atoms with E-state index in [1.165, 1.54) is 11.6 Å². The number of halogens is 2. The predicted molar refractivity (Wildman–Crippen MR) is 110 cm³/mol. The Balaban J connectivity index is 1.46. The summed E-state index contributed by atoms with van der Waals surface area (Å²) in [6, 6.07) is 13.6. The average Bonchev–Trinajstić information content (AvgIpc) is 2.69. The van der Waals surface area contributed by atoms with Crippen molar-refractivity contribution in [1.82, 2.24) is 10.2 Å². The lowest BCUT2D eigenvalue weighted by atomic mass is 10.1. The Morgan fingerprint density at radius 1 is 1.04 bits per heavy atom. The molecular weight excluding hydrogens is 383 g/mol. The van der Waals surface area contributed by atoms with E-state index in [0.29, 0.717) is 16.6 Å². The van der Waals surface area contributed by atoms with E-state index in [2.05, 4.69) is 34.5 Å². The van der Waals surface area contributed by atoms with E-state index in [1.54, 1.807) is 18.2 Å². The minimum absolute atomic E-state index is 0.154. The van der Waals surface area contributed by atoms with Crippen LogP contribution in [0.15, 0.2) is 48.5 Å². The zero-order valence-electron chi connectivity index (χ0n) is 15.0. The van der Waals surface area contributed by atoms with Gasteiger partial charge in [-0.25, -0.2) is 0 Å². The molecule has 2 aromatic rings. The van der Waals surface area contributed by atoms with Gasteiger partial charge in [0.25, 0.3) is 0 Å². The maximum Gasteiger partial charge on any atom is 0.244 e. The Morgan fingerprint density at radius 3 is 2.44 bits per heavy atom. The fourth-order valence-corrected chi connectivity index (χ4v) is 3.12. The van der Waals surface area contributed by atoms with Crippen molar-refractivity contribution in [3.63, 3.8) is 0 Å². The summed E-state index contributed by atoms with van der Waals surface area (Å²) in [5.41, 5.74) is 3.16. The Morgan fingerprint density at radius 2 is 1.74 bits per heavy atom. The topological polar surface area (TPSA) is 41.6 Å². The number of nitrogens with one attached hydrogen (secondary N) is 1. The summed E-state index contributed by atoms with van der Waals surface area (Å²) in [6.07, 6.45) is 3.20. The first-order valence-corrected chi connectivity index (χ1v) is 9.64. The molecule has 0 aromatic heterocycles. The van der Waals surface area contributed by atoms with E-state index >= 15 is 0 Å². The largest absolute Gasteiger partial charge is 0.379 e. The van der Waals surface area contributed by atoms with Crippen molar-refractivity contribution < 1.29 is 9.53 Å². The van der Waals surface area contributed by atoms with Gasteiger partial charge in [0.2, 0.25) is 5.91 Å². The summed E-state index contributed by atoms with van der Waals surface area (Å²) in [7, 11) is 0. The second-order valence-corrected chi connectivity index (χ2v) is 7.24. The number of rotatable bonds is 6. The standard InChI is InChI=1S/C21H22Cl2N2O2/c22-19-7-5-16(13-20(19)23)6-8-21(26)24-14-17-1-3-18(4-2-17)15-25-9-11-27-12-10-25/h1-8,13H,9-12,14-15H2,(H,24,26)/b8-6+. The zero-order valence-corrected chi connectivity index (χ0v) is 16.5. The number of nitrogens with zero attached hydrogens (tertiary/aromatic N) is 1. The summed E-state index contributed by atoms with van der Waals surface area (Å²) in [6.45, 7) is 4.98. The lowest BCUT2D eigenvalue weighted by Gasteiger charge is -2.26. The number of benzene rings is 2. The van der Waals surface area contributed by atoms with E-state index in [0.717, 1.165) is 44.0 Å². The van der Waals surface area contributed by atoms with Gasteiger partial charge in [0.15, 0.2) is 0 Å². The van der Waals surface area contributed by atoms with Gasteiger partial charge in [-0.3, -0.25) is 9.69 Å². The normalized spacial score (nSPS) is 15.2. The molecule has 142 valence electrons. The lowest BCUT2D eigenvalue weighted by Crippen LogP contribution is -2.35. The van der Waals surface area contributed by atoms with Gasteiger partial charge in [-0.15, -0.1) is 0 Å². The second kappa shape index (κ2) is 9.90. The summed E-state index contributed by atoms with van der Waals surface area (Å²) in [5, 5.41) is 3.85. The van der Waals surface area contributed by atoms with Crippen LogP contribution in [0.3, 0.4) is 0 Å². The van der Waals surface area contributed by atoms with Crippen LogP contribution in [0, 0.1) is 0 Å². The molecule has 1 aliphatic heterocycles. The number of hydrogen-bond donors (Lipinski definition) is 1. The van der Waals surface area contributed by atoms with Crippen molar-refractivity contribution in [1.29, 1.82) is 0 Å². The van der Waals surface area contributed by atoms with Crippen LogP contribution in [0.25, 0.3) is 6.08 Å². The Hall–Kier alpha value is -1.85. The van der Waals surface area contributed by atoms with Gasteiger partial charge < -0.3 is 10.1 Å². The molecule has 0 radical (unpaired) electrons. The molecule has 1 amide bonds. The monoisotopic (exact) mass is 404 g/mol. The first-order valence-electron chi connectivity index (χ1n) is 8.89. The molecule has 4 nitrogen and oxygen atoms in total. The molecule has 1 N–H and O–H groups in total. The number of morpholine rings is 1. The summed E-state index contributed by atoms with van der Waals surface area (Å²) in [5.74, 6) is -0.154. The highest BCUT2D eigenvalue weighted by Gasteiger charge is 2.10. The number of amides is 1. The molecule has 0 spiro atoms. The average molecular weight is 405 g/mol. The number of ether oxygens (including phenoxy) is 1. The maximum absolute atomic E-state index is 12.0. The van der Waals surface area contributed by atoms with E-state index in [-0.39, 0.29) is 5.91 Å². The molecule has 0 saturated carbocycles. The van der Waals surface area contributed by atoms with Crippen LogP contribution in [-0.4, -0.2) is 37.1 Å². The molecule has 1 saturated heterocycles. The molecule has 0 atom stereocenters.